The van der Waals surface area contributed by atoms with Crippen molar-refractivity contribution >= 4 is 25.0 Å². The molecule has 1 fully saturated rings. The summed E-state index contributed by atoms with van der Waals surface area (Å²) in [4.78, 5) is 16.0. The summed E-state index contributed by atoms with van der Waals surface area (Å²) in [5, 5.41) is 0.0548. The van der Waals surface area contributed by atoms with Gasteiger partial charge >= 0.3 is 0 Å². The van der Waals surface area contributed by atoms with Crippen LogP contribution >= 0.6 is 0 Å². The molecule has 1 amide bonds. The number of likely N-dealkylation sites (tertiary alicyclic amines) is 1. The average molecular weight is 488 g/mol. The molecule has 180 valence electrons. The van der Waals surface area contributed by atoms with Crippen LogP contribution in [0.5, 0.6) is 5.75 Å². The van der Waals surface area contributed by atoms with Gasteiger partial charge in [0.1, 0.15) is 5.75 Å². The molecule has 0 saturated carbocycles. The highest BCUT2D eigenvalue weighted by Crippen LogP contribution is 2.41. The molecule has 33 heavy (non-hydrogen) atoms. The molecule has 4 atom stereocenters. The van der Waals surface area contributed by atoms with Gasteiger partial charge in [-0.25, -0.2) is 0 Å². The number of nitrogens with zero attached hydrogens (tertiary/aromatic N) is 1. The highest BCUT2D eigenvalue weighted by atomic mass is 32.2. The van der Waals surface area contributed by atoms with Crippen molar-refractivity contribution in [3.63, 3.8) is 0 Å². The van der Waals surface area contributed by atoms with E-state index in [1.54, 1.807) is 7.11 Å². The molecule has 1 aliphatic heterocycles. The number of carbonyl (C=O) groups excluding carboxylic acids is 1. The molecule has 0 bridgehead atoms. The molecule has 0 spiro atoms. The van der Waals surface area contributed by atoms with Gasteiger partial charge in [0.2, 0.25) is 5.91 Å². The monoisotopic (exact) mass is 487 g/mol. The van der Waals surface area contributed by atoms with Crippen molar-refractivity contribution in [2.75, 3.05) is 12.9 Å². The van der Waals surface area contributed by atoms with E-state index in [2.05, 4.69) is 33.9 Å². The molecular weight excluding hydrogens is 450 g/mol. The van der Waals surface area contributed by atoms with Crippen LogP contribution < -0.4 is 4.74 Å². The molecule has 0 aliphatic carbocycles. The van der Waals surface area contributed by atoms with Gasteiger partial charge in [0.05, 0.1) is 36.0 Å². The molecule has 1 aliphatic rings. The third-order valence-corrected chi connectivity index (χ3v) is 13.0. The Labute approximate surface area is 202 Å². The molecule has 7 heteroatoms. The van der Waals surface area contributed by atoms with Gasteiger partial charge in [-0.1, -0.05) is 51.1 Å². The summed E-state index contributed by atoms with van der Waals surface area (Å²) in [6.07, 6.45) is -0.219. The summed E-state index contributed by atoms with van der Waals surface area (Å²) in [5.74, 6) is 0.976. The third kappa shape index (κ3) is 5.76. The predicted octanol–water partition coefficient (Wildman–Crippen LogP) is 5.24. The van der Waals surface area contributed by atoms with Crippen molar-refractivity contribution in [3.05, 3.63) is 60.2 Å². The maximum absolute atomic E-state index is 13.3. The van der Waals surface area contributed by atoms with Crippen molar-refractivity contribution in [3.8, 4) is 5.75 Å². The van der Waals surface area contributed by atoms with Gasteiger partial charge in [0.15, 0.2) is 8.32 Å². The first-order valence-electron chi connectivity index (χ1n) is 11.5. The fourth-order valence-electron chi connectivity index (χ4n) is 4.00. The van der Waals surface area contributed by atoms with E-state index in [4.69, 9.17) is 9.16 Å². The zero-order valence-corrected chi connectivity index (χ0v) is 22.6. The maximum Gasteiger partial charge on any atom is 0.230 e. The number of ether oxygens (including phenoxy) is 1. The van der Waals surface area contributed by atoms with Gasteiger partial charge in [-0.05, 0) is 54.9 Å². The summed E-state index contributed by atoms with van der Waals surface area (Å²) in [6.45, 7) is 13.5. The van der Waals surface area contributed by atoms with Crippen LogP contribution in [-0.4, -0.2) is 48.3 Å². The highest BCUT2D eigenvalue weighted by molar-refractivity contribution is 7.85. The molecule has 3 rings (SSSR count). The van der Waals surface area contributed by atoms with Crippen molar-refractivity contribution in [1.82, 2.24) is 4.90 Å². The normalized spacial score (nSPS) is 20.8. The topological polar surface area (TPSA) is 55.8 Å². The molecule has 0 radical (unpaired) electrons. The first-order valence-corrected chi connectivity index (χ1v) is 15.7. The van der Waals surface area contributed by atoms with Gasteiger partial charge in [0, 0.05) is 17.2 Å². The second-order valence-electron chi connectivity index (χ2n) is 10.3. The molecule has 0 N–H and O–H groups in total. The standard InChI is InChI=1S/C26H37NO4SSi/c1-19(31-33(6,7)26(2,3)4)24-23(18-32(29)22-11-9-8-10-12-22)27(25(24)28)17-20-13-15-21(30-5)16-14-20/h8-16,19,23-24H,17-18H2,1-7H3/t19-,23-,24-,32?/m1/s1. The number of benzene rings is 2. The molecule has 2 aromatic rings. The van der Waals surface area contributed by atoms with Crippen LogP contribution in [-0.2, 0) is 26.6 Å². The molecule has 0 aromatic heterocycles. The number of hydrogen-bond donors (Lipinski definition) is 0. The van der Waals surface area contributed by atoms with Crippen LogP contribution in [0, 0.1) is 5.92 Å². The Morgan fingerprint density at radius 1 is 1.06 bits per heavy atom. The van der Waals surface area contributed by atoms with E-state index in [0.717, 1.165) is 16.2 Å². The maximum atomic E-state index is 13.3. The Morgan fingerprint density at radius 3 is 2.21 bits per heavy atom. The summed E-state index contributed by atoms with van der Waals surface area (Å²) in [7, 11) is -1.60. The quantitative estimate of drug-likeness (QED) is 0.358. The molecule has 1 saturated heterocycles. The fraction of sp³-hybridized carbons (Fsp3) is 0.500. The van der Waals surface area contributed by atoms with Crippen LogP contribution in [0.4, 0.5) is 0 Å². The lowest BCUT2D eigenvalue weighted by molar-refractivity contribution is -0.162. The second-order valence-corrected chi connectivity index (χ2v) is 16.6. The minimum absolute atomic E-state index is 0.0548. The van der Waals surface area contributed by atoms with Crippen LogP contribution in [0.3, 0.4) is 0 Å². The fourth-order valence-corrected chi connectivity index (χ4v) is 6.78. The van der Waals surface area contributed by atoms with Gasteiger partial charge in [0.25, 0.3) is 0 Å². The van der Waals surface area contributed by atoms with Crippen molar-refractivity contribution in [2.45, 2.75) is 69.4 Å². The van der Waals surface area contributed by atoms with E-state index in [-0.39, 0.29) is 29.0 Å². The highest BCUT2D eigenvalue weighted by Gasteiger charge is 2.52. The lowest BCUT2D eigenvalue weighted by Crippen LogP contribution is -2.66. The van der Waals surface area contributed by atoms with Crippen LogP contribution in [0.15, 0.2) is 59.5 Å². The SMILES string of the molecule is COc1ccc(CN2C(=O)[C@H]([C@@H](C)O[Si](C)(C)C(C)(C)C)[C@H]2CS(=O)c2ccccc2)cc1. The van der Waals surface area contributed by atoms with Gasteiger partial charge < -0.3 is 14.1 Å². The van der Waals surface area contributed by atoms with Crippen molar-refractivity contribution in [2.24, 2.45) is 5.92 Å². The van der Waals surface area contributed by atoms with E-state index in [1.165, 1.54) is 0 Å². The Morgan fingerprint density at radius 2 is 1.67 bits per heavy atom. The predicted molar refractivity (Wildman–Crippen MR) is 136 cm³/mol. The Balaban J connectivity index is 1.81. The van der Waals surface area contributed by atoms with E-state index in [1.807, 2.05) is 66.4 Å². The van der Waals surface area contributed by atoms with Gasteiger partial charge in [-0.2, -0.15) is 0 Å². The molecule has 2 aromatic carbocycles. The lowest BCUT2D eigenvalue weighted by Gasteiger charge is -2.51. The smallest absolute Gasteiger partial charge is 0.230 e. The number of amides is 1. The molecule has 1 heterocycles. The van der Waals surface area contributed by atoms with E-state index < -0.39 is 19.1 Å². The van der Waals surface area contributed by atoms with Crippen LogP contribution in [0.25, 0.3) is 0 Å². The number of hydrogen-bond acceptors (Lipinski definition) is 4. The Hall–Kier alpha value is -1.96. The summed E-state index contributed by atoms with van der Waals surface area (Å²) in [6, 6.07) is 17.1. The van der Waals surface area contributed by atoms with Crippen molar-refractivity contribution < 1.29 is 18.2 Å². The number of β-lactam (4-membered cyclic amide) rings is 1. The third-order valence-electron chi connectivity index (χ3n) is 7.02. The number of carbonyl (C=O) groups is 1. The minimum Gasteiger partial charge on any atom is -0.497 e. The van der Waals surface area contributed by atoms with Gasteiger partial charge in [-0.15, -0.1) is 0 Å². The zero-order chi connectivity index (χ0) is 24.4. The summed E-state index contributed by atoms with van der Waals surface area (Å²) >= 11 is 0. The average Bonchev–Trinajstić information content (AvgIpc) is 2.77. The van der Waals surface area contributed by atoms with Crippen LogP contribution in [0.2, 0.25) is 18.1 Å². The molecular formula is C26H37NO4SSi. The molecule has 1 unspecified atom stereocenters. The number of methoxy groups -OCH3 is 1. The zero-order valence-electron chi connectivity index (χ0n) is 20.8. The minimum atomic E-state index is -2.04. The van der Waals surface area contributed by atoms with E-state index >= 15 is 0 Å². The van der Waals surface area contributed by atoms with Crippen LogP contribution in [0.1, 0.15) is 33.3 Å². The van der Waals surface area contributed by atoms with E-state index in [0.29, 0.717) is 12.3 Å². The summed E-state index contributed by atoms with van der Waals surface area (Å²) in [5.41, 5.74) is 1.02. The summed E-state index contributed by atoms with van der Waals surface area (Å²) < 4.78 is 25.0. The second kappa shape index (κ2) is 10.1. The first kappa shape index (κ1) is 25.7. The number of rotatable bonds is 9. The lowest BCUT2D eigenvalue weighted by atomic mass is 9.84. The van der Waals surface area contributed by atoms with Crippen molar-refractivity contribution in [1.29, 1.82) is 0 Å². The van der Waals surface area contributed by atoms with Gasteiger partial charge in [-0.3, -0.25) is 9.00 Å². The van der Waals surface area contributed by atoms with E-state index in [9.17, 15) is 9.00 Å². The molecule has 5 nitrogen and oxygen atoms in total. The Bertz CT molecular complexity index is 972. The Kier molecular flexibility index (Phi) is 7.86. The first-order chi connectivity index (χ1) is 15.4. The largest absolute Gasteiger partial charge is 0.497 e.